The SMILES string of the molecule is c1cc2c(cc1CCc1nn[nH]n1)CCO2. The summed E-state index contributed by atoms with van der Waals surface area (Å²) in [4.78, 5) is 0. The quantitative estimate of drug-likeness (QED) is 0.828. The lowest BCUT2D eigenvalue weighted by atomic mass is 10.0. The van der Waals surface area contributed by atoms with Crippen molar-refractivity contribution in [2.45, 2.75) is 19.3 Å². The van der Waals surface area contributed by atoms with Gasteiger partial charge in [0, 0.05) is 12.8 Å². The van der Waals surface area contributed by atoms with Crippen molar-refractivity contribution >= 4 is 0 Å². The highest BCUT2D eigenvalue weighted by atomic mass is 16.5. The normalized spacial score (nSPS) is 13.5. The zero-order valence-electron chi connectivity index (χ0n) is 8.81. The molecule has 0 fully saturated rings. The molecule has 0 spiro atoms. The molecule has 0 aliphatic carbocycles. The number of aryl methyl sites for hydroxylation is 2. The molecular formula is C11H12N4O. The summed E-state index contributed by atoms with van der Waals surface area (Å²) in [7, 11) is 0. The summed E-state index contributed by atoms with van der Waals surface area (Å²) in [5, 5.41) is 13.9. The van der Waals surface area contributed by atoms with E-state index in [1.54, 1.807) is 0 Å². The van der Waals surface area contributed by atoms with Gasteiger partial charge in [-0.05, 0) is 23.6 Å². The van der Waals surface area contributed by atoms with Crippen molar-refractivity contribution < 1.29 is 4.74 Å². The lowest BCUT2D eigenvalue weighted by Crippen LogP contribution is -1.94. The molecule has 0 amide bonds. The third-order valence-electron chi connectivity index (χ3n) is 2.78. The Kier molecular flexibility index (Phi) is 2.29. The Morgan fingerprint density at radius 3 is 3.19 bits per heavy atom. The van der Waals surface area contributed by atoms with E-state index in [-0.39, 0.29) is 0 Å². The second kappa shape index (κ2) is 3.92. The predicted molar refractivity (Wildman–Crippen MR) is 57.2 cm³/mol. The van der Waals surface area contributed by atoms with E-state index in [2.05, 4.69) is 32.8 Å². The molecule has 3 rings (SSSR count). The Bertz CT molecular complexity index is 481. The topological polar surface area (TPSA) is 63.7 Å². The number of hydrogen-bond acceptors (Lipinski definition) is 4. The zero-order chi connectivity index (χ0) is 10.8. The van der Waals surface area contributed by atoms with Crippen molar-refractivity contribution in [3.63, 3.8) is 0 Å². The van der Waals surface area contributed by atoms with Gasteiger partial charge in [0.2, 0.25) is 0 Å². The number of nitrogens with zero attached hydrogens (tertiary/aromatic N) is 3. The molecule has 5 nitrogen and oxygen atoms in total. The van der Waals surface area contributed by atoms with Crippen LogP contribution in [0.5, 0.6) is 5.75 Å². The Morgan fingerprint density at radius 1 is 1.31 bits per heavy atom. The summed E-state index contributed by atoms with van der Waals surface area (Å²) in [6, 6.07) is 6.36. The first-order valence-electron chi connectivity index (χ1n) is 5.39. The Labute approximate surface area is 92.8 Å². The number of nitrogens with one attached hydrogen (secondary N) is 1. The number of fused-ring (bicyclic) bond motifs is 1. The number of aromatic nitrogens is 4. The molecule has 0 unspecified atom stereocenters. The molecule has 0 atom stereocenters. The number of ether oxygens (including phenoxy) is 1. The van der Waals surface area contributed by atoms with Gasteiger partial charge in [0.1, 0.15) is 5.75 Å². The van der Waals surface area contributed by atoms with Gasteiger partial charge >= 0.3 is 0 Å². The minimum absolute atomic E-state index is 0.761. The molecule has 2 heterocycles. The summed E-state index contributed by atoms with van der Waals surface area (Å²) in [5.41, 5.74) is 2.61. The van der Waals surface area contributed by atoms with Gasteiger partial charge in [-0.3, -0.25) is 0 Å². The van der Waals surface area contributed by atoms with Crippen LogP contribution >= 0.6 is 0 Å². The van der Waals surface area contributed by atoms with E-state index in [0.29, 0.717) is 0 Å². The molecule has 2 aromatic rings. The number of tetrazole rings is 1. The summed E-state index contributed by atoms with van der Waals surface area (Å²) >= 11 is 0. The van der Waals surface area contributed by atoms with Crippen molar-refractivity contribution in [2.24, 2.45) is 0 Å². The third-order valence-corrected chi connectivity index (χ3v) is 2.78. The van der Waals surface area contributed by atoms with Crippen LogP contribution in [0.4, 0.5) is 0 Å². The van der Waals surface area contributed by atoms with Crippen molar-refractivity contribution in [1.29, 1.82) is 0 Å². The van der Waals surface area contributed by atoms with Crippen molar-refractivity contribution in [1.82, 2.24) is 20.6 Å². The van der Waals surface area contributed by atoms with Crippen LogP contribution in [0, 0.1) is 0 Å². The van der Waals surface area contributed by atoms with Crippen LogP contribution in [-0.4, -0.2) is 27.2 Å². The maximum atomic E-state index is 5.46. The molecular weight excluding hydrogens is 204 g/mol. The maximum Gasteiger partial charge on any atom is 0.174 e. The zero-order valence-corrected chi connectivity index (χ0v) is 8.81. The van der Waals surface area contributed by atoms with Gasteiger partial charge in [0.15, 0.2) is 5.82 Å². The van der Waals surface area contributed by atoms with Gasteiger partial charge in [0.05, 0.1) is 6.61 Å². The Hall–Kier alpha value is -1.91. The van der Waals surface area contributed by atoms with E-state index < -0.39 is 0 Å². The minimum atomic E-state index is 0.761. The Balaban J connectivity index is 1.71. The summed E-state index contributed by atoms with van der Waals surface area (Å²) in [6.45, 7) is 0.809. The first-order chi connectivity index (χ1) is 7.92. The molecule has 82 valence electrons. The van der Waals surface area contributed by atoms with E-state index in [9.17, 15) is 0 Å². The molecule has 1 aromatic heterocycles. The van der Waals surface area contributed by atoms with Crippen molar-refractivity contribution in [3.8, 4) is 5.75 Å². The van der Waals surface area contributed by atoms with Crippen LogP contribution in [0.15, 0.2) is 18.2 Å². The smallest absolute Gasteiger partial charge is 0.174 e. The summed E-state index contributed by atoms with van der Waals surface area (Å²) < 4.78 is 5.46. The van der Waals surface area contributed by atoms with Gasteiger partial charge in [-0.1, -0.05) is 17.3 Å². The first kappa shape index (κ1) is 9.33. The van der Waals surface area contributed by atoms with Crippen molar-refractivity contribution in [2.75, 3.05) is 6.61 Å². The van der Waals surface area contributed by atoms with Crippen molar-refractivity contribution in [3.05, 3.63) is 35.2 Å². The second-order valence-electron chi connectivity index (χ2n) is 3.87. The van der Waals surface area contributed by atoms with Gasteiger partial charge in [-0.25, -0.2) is 0 Å². The predicted octanol–water partition coefficient (Wildman–Crippen LogP) is 0.920. The lowest BCUT2D eigenvalue weighted by Gasteiger charge is -2.02. The van der Waals surface area contributed by atoms with Gasteiger partial charge in [-0.2, -0.15) is 5.21 Å². The molecule has 1 N–H and O–H groups in total. The molecule has 0 saturated heterocycles. The summed E-state index contributed by atoms with van der Waals surface area (Å²) in [5.74, 6) is 1.79. The third kappa shape index (κ3) is 1.76. The van der Waals surface area contributed by atoms with E-state index in [1.165, 1.54) is 11.1 Å². The van der Waals surface area contributed by atoms with Crippen LogP contribution < -0.4 is 4.74 Å². The van der Waals surface area contributed by atoms with E-state index in [1.807, 2.05) is 6.07 Å². The molecule has 1 aliphatic heterocycles. The first-order valence-corrected chi connectivity index (χ1v) is 5.39. The van der Waals surface area contributed by atoms with Gasteiger partial charge < -0.3 is 4.74 Å². The monoisotopic (exact) mass is 216 g/mol. The minimum Gasteiger partial charge on any atom is -0.493 e. The molecule has 0 saturated carbocycles. The molecule has 16 heavy (non-hydrogen) atoms. The highest BCUT2D eigenvalue weighted by molar-refractivity contribution is 5.39. The van der Waals surface area contributed by atoms with E-state index in [4.69, 9.17) is 4.74 Å². The average Bonchev–Trinajstić information content (AvgIpc) is 2.97. The van der Waals surface area contributed by atoms with Crippen LogP contribution in [0.2, 0.25) is 0 Å². The fourth-order valence-corrected chi connectivity index (χ4v) is 1.94. The van der Waals surface area contributed by atoms with E-state index in [0.717, 1.165) is 37.4 Å². The van der Waals surface area contributed by atoms with Crippen LogP contribution in [0.3, 0.4) is 0 Å². The second-order valence-corrected chi connectivity index (χ2v) is 3.87. The molecule has 0 bridgehead atoms. The van der Waals surface area contributed by atoms with Crippen LogP contribution in [-0.2, 0) is 19.3 Å². The maximum absolute atomic E-state index is 5.46. The number of rotatable bonds is 3. The molecule has 1 aromatic carbocycles. The fraction of sp³-hybridized carbons (Fsp3) is 0.364. The highest BCUT2D eigenvalue weighted by Crippen LogP contribution is 2.26. The highest BCUT2D eigenvalue weighted by Gasteiger charge is 2.12. The van der Waals surface area contributed by atoms with Gasteiger partial charge in [0.25, 0.3) is 0 Å². The fourth-order valence-electron chi connectivity index (χ4n) is 1.94. The van der Waals surface area contributed by atoms with Crippen LogP contribution in [0.25, 0.3) is 0 Å². The Morgan fingerprint density at radius 2 is 2.31 bits per heavy atom. The largest absolute Gasteiger partial charge is 0.493 e. The molecule has 5 heteroatoms. The molecule has 1 aliphatic rings. The molecule has 0 radical (unpaired) electrons. The van der Waals surface area contributed by atoms with E-state index >= 15 is 0 Å². The lowest BCUT2D eigenvalue weighted by molar-refractivity contribution is 0.357. The standard InChI is InChI=1S/C11H12N4O/c1-3-10-9(5-6-16-10)7-8(1)2-4-11-12-14-15-13-11/h1,3,7H,2,4-6H2,(H,12,13,14,15). The number of H-pyrrole nitrogens is 1. The number of hydrogen-bond donors (Lipinski definition) is 1. The van der Waals surface area contributed by atoms with Crippen LogP contribution in [0.1, 0.15) is 17.0 Å². The average molecular weight is 216 g/mol. The number of aromatic amines is 1. The summed E-state index contributed by atoms with van der Waals surface area (Å²) in [6.07, 6.45) is 2.77. The number of benzene rings is 1. The van der Waals surface area contributed by atoms with Gasteiger partial charge in [-0.15, -0.1) is 10.2 Å².